The molecule has 118 valence electrons. The minimum atomic E-state index is -0.366. The third kappa shape index (κ3) is 2.55. The van der Waals surface area contributed by atoms with Crippen LogP contribution in [0.5, 0.6) is 0 Å². The SMILES string of the molecule is CNC(=O)[C@H]1COC2(CN(C(=O)c3ccnnc3)C2)CN1C. The smallest absolute Gasteiger partial charge is 0.255 e. The van der Waals surface area contributed by atoms with E-state index >= 15 is 0 Å². The zero-order valence-electron chi connectivity index (χ0n) is 12.7. The van der Waals surface area contributed by atoms with Gasteiger partial charge in [0.05, 0.1) is 37.7 Å². The molecule has 8 nitrogen and oxygen atoms in total. The van der Waals surface area contributed by atoms with Crippen molar-refractivity contribution in [3.8, 4) is 0 Å². The van der Waals surface area contributed by atoms with Crippen LogP contribution in [0.3, 0.4) is 0 Å². The second-order valence-electron chi connectivity index (χ2n) is 5.83. The summed E-state index contributed by atoms with van der Waals surface area (Å²) in [5.41, 5.74) is 0.160. The molecule has 1 aromatic rings. The fourth-order valence-corrected chi connectivity index (χ4v) is 3.02. The molecule has 1 aromatic heterocycles. The van der Waals surface area contributed by atoms with E-state index in [1.54, 1.807) is 18.0 Å². The molecule has 0 aromatic carbocycles. The third-order valence-corrected chi connectivity index (χ3v) is 4.24. The zero-order chi connectivity index (χ0) is 15.7. The average molecular weight is 305 g/mol. The lowest BCUT2D eigenvalue weighted by molar-refractivity contribution is -0.187. The number of hydrogen-bond acceptors (Lipinski definition) is 6. The lowest BCUT2D eigenvalue weighted by Crippen LogP contribution is -2.73. The van der Waals surface area contributed by atoms with Gasteiger partial charge in [-0.05, 0) is 13.1 Å². The molecule has 8 heteroatoms. The fraction of sp³-hybridized carbons (Fsp3) is 0.571. The van der Waals surface area contributed by atoms with Crippen LogP contribution >= 0.6 is 0 Å². The molecule has 22 heavy (non-hydrogen) atoms. The highest BCUT2D eigenvalue weighted by Gasteiger charge is 2.51. The van der Waals surface area contributed by atoms with Crippen molar-refractivity contribution in [2.24, 2.45) is 0 Å². The molecule has 0 aliphatic carbocycles. The number of nitrogens with one attached hydrogen (secondary N) is 1. The topological polar surface area (TPSA) is 87.7 Å². The van der Waals surface area contributed by atoms with E-state index in [0.717, 1.165) is 0 Å². The first-order chi connectivity index (χ1) is 10.5. The van der Waals surface area contributed by atoms with Crippen LogP contribution in [-0.2, 0) is 9.53 Å². The Hall–Kier alpha value is -2.06. The number of nitrogens with zero attached hydrogens (tertiary/aromatic N) is 4. The summed E-state index contributed by atoms with van der Waals surface area (Å²) in [6.07, 6.45) is 2.96. The van der Waals surface area contributed by atoms with Crippen molar-refractivity contribution >= 4 is 11.8 Å². The van der Waals surface area contributed by atoms with Crippen molar-refractivity contribution in [2.75, 3.05) is 40.3 Å². The molecule has 2 aliphatic rings. The van der Waals surface area contributed by atoms with E-state index in [-0.39, 0.29) is 23.5 Å². The van der Waals surface area contributed by atoms with Crippen LogP contribution in [-0.4, -0.2) is 83.8 Å². The summed E-state index contributed by atoms with van der Waals surface area (Å²) in [6, 6.07) is 1.38. The Morgan fingerprint density at radius 1 is 1.36 bits per heavy atom. The van der Waals surface area contributed by atoms with Gasteiger partial charge in [0, 0.05) is 13.6 Å². The Morgan fingerprint density at radius 2 is 2.14 bits per heavy atom. The van der Waals surface area contributed by atoms with Crippen LogP contribution in [0.2, 0.25) is 0 Å². The van der Waals surface area contributed by atoms with Crippen LogP contribution < -0.4 is 5.32 Å². The third-order valence-electron chi connectivity index (χ3n) is 4.24. The highest BCUT2D eigenvalue weighted by Crippen LogP contribution is 2.31. The summed E-state index contributed by atoms with van der Waals surface area (Å²) in [5.74, 6) is -0.118. The van der Waals surface area contributed by atoms with Crippen molar-refractivity contribution < 1.29 is 14.3 Å². The number of likely N-dealkylation sites (tertiary alicyclic amines) is 1. The lowest BCUT2D eigenvalue weighted by Gasteiger charge is -2.54. The van der Waals surface area contributed by atoms with E-state index < -0.39 is 0 Å². The molecule has 1 atom stereocenters. The first-order valence-electron chi connectivity index (χ1n) is 7.16. The quantitative estimate of drug-likeness (QED) is 0.734. The van der Waals surface area contributed by atoms with Crippen LogP contribution in [0.4, 0.5) is 0 Å². The molecule has 2 fully saturated rings. The Bertz CT molecular complexity index is 573. The van der Waals surface area contributed by atoms with Crippen molar-refractivity contribution in [1.82, 2.24) is 25.3 Å². The largest absolute Gasteiger partial charge is 0.368 e. The van der Waals surface area contributed by atoms with Gasteiger partial charge in [-0.25, -0.2) is 0 Å². The summed E-state index contributed by atoms with van der Waals surface area (Å²) in [7, 11) is 3.52. The van der Waals surface area contributed by atoms with E-state index in [1.807, 2.05) is 11.9 Å². The standard InChI is InChI=1S/C14H19N5O3/c1-15-12(20)11-6-22-14(7-18(11)2)8-19(9-14)13(21)10-3-4-16-17-5-10/h3-5,11H,6-9H2,1-2H3,(H,15,20)/t11-/m1/s1. The Kier molecular flexibility index (Phi) is 3.79. The van der Waals surface area contributed by atoms with E-state index in [9.17, 15) is 9.59 Å². The lowest BCUT2D eigenvalue weighted by atomic mass is 9.90. The van der Waals surface area contributed by atoms with E-state index in [1.165, 1.54) is 12.4 Å². The second-order valence-corrected chi connectivity index (χ2v) is 5.83. The van der Waals surface area contributed by atoms with Crippen molar-refractivity contribution in [1.29, 1.82) is 0 Å². The maximum Gasteiger partial charge on any atom is 0.255 e. The number of morpholine rings is 1. The number of likely N-dealkylation sites (N-methyl/N-ethyl adjacent to an activating group) is 2. The number of hydrogen-bond donors (Lipinski definition) is 1. The minimum absolute atomic E-state index is 0.0486. The summed E-state index contributed by atoms with van der Waals surface area (Å²) in [5, 5.41) is 10.0. The van der Waals surface area contributed by atoms with Gasteiger partial charge in [-0.3, -0.25) is 14.5 Å². The number of carbonyl (C=O) groups excluding carboxylic acids is 2. The Balaban J connectivity index is 1.59. The number of carbonyl (C=O) groups is 2. The van der Waals surface area contributed by atoms with Gasteiger partial charge in [-0.1, -0.05) is 0 Å². The second kappa shape index (κ2) is 5.62. The van der Waals surface area contributed by atoms with Gasteiger partial charge in [0.15, 0.2) is 0 Å². The molecule has 1 N–H and O–H groups in total. The molecule has 1 spiro atoms. The molecule has 0 bridgehead atoms. The van der Waals surface area contributed by atoms with Gasteiger partial charge < -0.3 is 15.0 Å². The van der Waals surface area contributed by atoms with E-state index in [0.29, 0.717) is 31.8 Å². The molecule has 2 aliphatic heterocycles. The number of ether oxygens (including phenoxy) is 1. The molecular formula is C14H19N5O3. The first-order valence-corrected chi connectivity index (χ1v) is 7.16. The summed E-state index contributed by atoms with van der Waals surface area (Å²) < 4.78 is 5.90. The first kappa shape index (κ1) is 14.9. The summed E-state index contributed by atoms with van der Waals surface area (Å²) in [4.78, 5) is 27.7. The zero-order valence-corrected chi connectivity index (χ0v) is 12.7. The molecule has 3 heterocycles. The molecule has 0 saturated carbocycles. The number of amides is 2. The van der Waals surface area contributed by atoms with Crippen molar-refractivity contribution in [3.05, 3.63) is 24.0 Å². The molecule has 0 radical (unpaired) electrons. The normalized spacial score (nSPS) is 23.9. The number of rotatable bonds is 2. The highest BCUT2D eigenvalue weighted by atomic mass is 16.5. The maximum atomic E-state index is 12.3. The van der Waals surface area contributed by atoms with Crippen LogP contribution in [0, 0.1) is 0 Å². The van der Waals surface area contributed by atoms with Crippen LogP contribution in [0.1, 0.15) is 10.4 Å². The van der Waals surface area contributed by atoms with Gasteiger partial charge in [-0.15, -0.1) is 0 Å². The minimum Gasteiger partial charge on any atom is -0.368 e. The Morgan fingerprint density at radius 3 is 2.73 bits per heavy atom. The molecule has 0 unspecified atom stereocenters. The van der Waals surface area contributed by atoms with Gasteiger partial charge in [0.25, 0.3) is 5.91 Å². The predicted octanol–water partition coefficient (Wildman–Crippen LogP) is -1.25. The maximum absolute atomic E-state index is 12.3. The van der Waals surface area contributed by atoms with Gasteiger partial charge in [0.2, 0.25) is 5.91 Å². The van der Waals surface area contributed by atoms with Gasteiger partial charge in [0.1, 0.15) is 11.6 Å². The van der Waals surface area contributed by atoms with E-state index in [2.05, 4.69) is 15.5 Å². The van der Waals surface area contributed by atoms with Crippen LogP contribution in [0.15, 0.2) is 18.5 Å². The van der Waals surface area contributed by atoms with Crippen LogP contribution in [0.25, 0.3) is 0 Å². The highest BCUT2D eigenvalue weighted by molar-refractivity contribution is 5.94. The predicted molar refractivity (Wildman–Crippen MR) is 77.1 cm³/mol. The number of aromatic nitrogens is 2. The van der Waals surface area contributed by atoms with E-state index in [4.69, 9.17) is 4.74 Å². The summed E-state index contributed by atoms with van der Waals surface area (Å²) >= 11 is 0. The Labute approximate surface area is 128 Å². The molecule has 3 rings (SSSR count). The van der Waals surface area contributed by atoms with Gasteiger partial charge >= 0.3 is 0 Å². The van der Waals surface area contributed by atoms with Crippen molar-refractivity contribution in [3.63, 3.8) is 0 Å². The molecule has 2 amide bonds. The average Bonchev–Trinajstić information content (AvgIpc) is 2.52. The molecular weight excluding hydrogens is 286 g/mol. The summed E-state index contributed by atoms with van der Waals surface area (Å²) in [6.45, 7) is 2.02. The molecule has 2 saturated heterocycles. The van der Waals surface area contributed by atoms with Crippen molar-refractivity contribution in [2.45, 2.75) is 11.6 Å². The van der Waals surface area contributed by atoms with Gasteiger partial charge in [-0.2, -0.15) is 10.2 Å². The monoisotopic (exact) mass is 305 g/mol. The fourth-order valence-electron chi connectivity index (χ4n) is 3.02.